The molecule has 9 heteroatoms. The molecule has 0 saturated carbocycles. The van der Waals surface area contributed by atoms with Crippen LogP contribution < -0.4 is 0 Å². The summed E-state index contributed by atoms with van der Waals surface area (Å²) < 4.78 is 15.5. The summed E-state index contributed by atoms with van der Waals surface area (Å²) in [5, 5.41) is 18.6. The van der Waals surface area contributed by atoms with Crippen LogP contribution in [-0.2, 0) is 33.4 Å². The lowest BCUT2D eigenvalue weighted by molar-refractivity contribution is -0.158. The lowest BCUT2D eigenvalue weighted by Crippen LogP contribution is -2.34. The van der Waals surface area contributed by atoms with Gasteiger partial charge in [-0.25, -0.2) is 9.59 Å². The number of hydrogen-bond acceptors (Lipinski definition) is 7. The van der Waals surface area contributed by atoms with Gasteiger partial charge in [0.25, 0.3) is 0 Å². The molecule has 0 spiro atoms. The molecule has 132 valence electrons. The summed E-state index contributed by atoms with van der Waals surface area (Å²) in [6.07, 6.45) is 0.523. The van der Waals surface area contributed by atoms with Gasteiger partial charge in [0.2, 0.25) is 0 Å². The molecule has 0 aromatic rings. The number of aliphatic carboxylic acids is 2. The van der Waals surface area contributed by atoms with Crippen LogP contribution in [0.4, 0.5) is 0 Å². The molecule has 4 atom stereocenters. The van der Waals surface area contributed by atoms with E-state index in [1.54, 1.807) is 0 Å². The molecule has 9 nitrogen and oxygen atoms in total. The molecule has 2 saturated heterocycles. The van der Waals surface area contributed by atoms with Crippen LogP contribution in [0.5, 0.6) is 0 Å². The molecule has 4 aliphatic heterocycles. The van der Waals surface area contributed by atoms with Crippen LogP contribution in [0.15, 0.2) is 22.7 Å². The standard InChI is InChI=1S/C16H14O9/c17-13(18)9-5-1-3-7(23-5)11(9)15(21)25-16(22)12-8-4-2-6(24-8)10(12)14(19)20/h5-6,9-10H,1-4H2,(H,17,18)(H,19,20). The van der Waals surface area contributed by atoms with Crippen molar-refractivity contribution < 1.29 is 43.6 Å². The largest absolute Gasteiger partial charge is 0.493 e. The van der Waals surface area contributed by atoms with Gasteiger partial charge in [0.05, 0.1) is 11.1 Å². The van der Waals surface area contributed by atoms with Crippen LogP contribution in [0, 0.1) is 11.8 Å². The lowest BCUT2D eigenvalue weighted by Gasteiger charge is -2.17. The Bertz CT molecular complexity index is 710. The van der Waals surface area contributed by atoms with E-state index in [0.717, 1.165) is 0 Å². The molecule has 0 aliphatic carbocycles. The zero-order valence-corrected chi connectivity index (χ0v) is 12.9. The zero-order chi connectivity index (χ0) is 17.9. The smallest absolute Gasteiger partial charge is 0.346 e. The Morgan fingerprint density at radius 3 is 1.56 bits per heavy atom. The third-order valence-corrected chi connectivity index (χ3v) is 5.02. The van der Waals surface area contributed by atoms with Crippen LogP contribution >= 0.6 is 0 Å². The summed E-state index contributed by atoms with van der Waals surface area (Å²) in [5.74, 6) is -6.55. The maximum Gasteiger partial charge on any atom is 0.346 e. The van der Waals surface area contributed by atoms with Crippen LogP contribution in [0.3, 0.4) is 0 Å². The minimum atomic E-state index is -1.23. The van der Waals surface area contributed by atoms with Crippen molar-refractivity contribution in [1.29, 1.82) is 0 Å². The van der Waals surface area contributed by atoms with Gasteiger partial charge >= 0.3 is 23.9 Å². The van der Waals surface area contributed by atoms with E-state index in [9.17, 15) is 29.4 Å². The second-order valence-electron chi connectivity index (χ2n) is 6.37. The second kappa shape index (κ2) is 5.33. The summed E-state index contributed by atoms with van der Waals surface area (Å²) in [6, 6.07) is 0. The highest BCUT2D eigenvalue weighted by molar-refractivity contribution is 6.07. The van der Waals surface area contributed by atoms with E-state index in [4.69, 9.17) is 14.2 Å². The molecule has 4 heterocycles. The van der Waals surface area contributed by atoms with Crippen LogP contribution in [0.25, 0.3) is 0 Å². The number of carboxylic acids is 2. The fraction of sp³-hybridized carbons (Fsp3) is 0.500. The Kier molecular flexibility index (Phi) is 3.34. The molecule has 0 amide bonds. The fourth-order valence-electron chi connectivity index (χ4n) is 3.97. The van der Waals surface area contributed by atoms with E-state index in [-0.39, 0.29) is 22.7 Å². The van der Waals surface area contributed by atoms with Crippen molar-refractivity contribution in [2.75, 3.05) is 0 Å². The molecule has 25 heavy (non-hydrogen) atoms. The van der Waals surface area contributed by atoms with Crippen LogP contribution in [-0.4, -0.2) is 46.3 Å². The van der Waals surface area contributed by atoms with E-state index in [0.29, 0.717) is 25.7 Å². The van der Waals surface area contributed by atoms with Gasteiger partial charge < -0.3 is 24.4 Å². The van der Waals surface area contributed by atoms with Crippen LogP contribution in [0.1, 0.15) is 25.7 Å². The van der Waals surface area contributed by atoms with Gasteiger partial charge in [0.1, 0.15) is 35.6 Å². The highest BCUT2D eigenvalue weighted by atomic mass is 16.6. The predicted molar refractivity (Wildman–Crippen MR) is 75.6 cm³/mol. The van der Waals surface area contributed by atoms with Gasteiger partial charge in [-0.15, -0.1) is 0 Å². The normalized spacial score (nSPS) is 31.8. The van der Waals surface area contributed by atoms with Gasteiger partial charge in [-0.2, -0.15) is 0 Å². The molecule has 0 aromatic heterocycles. The Hall–Kier alpha value is -2.84. The monoisotopic (exact) mass is 350 g/mol. The van der Waals surface area contributed by atoms with E-state index < -0.39 is 47.9 Å². The van der Waals surface area contributed by atoms with E-state index in [2.05, 4.69) is 0 Å². The summed E-state index contributed by atoms with van der Waals surface area (Å²) in [6.45, 7) is 0. The number of fused-ring (bicyclic) bond motifs is 4. The average molecular weight is 350 g/mol. The highest BCUT2D eigenvalue weighted by Crippen LogP contribution is 2.45. The molecule has 2 N–H and O–H groups in total. The van der Waals surface area contributed by atoms with Gasteiger partial charge in [-0.3, -0.25) is 9.59 Å². The Balaban J connectivity index is 1.57. The number of esters is 2. The van der Waals surface area contributed by atoms with Gasteiger partial charge in [0.15, 0.2) is 0 Å². The number of carbonyl (C=O) groups excluding carboxylic acids is 2. The van der Waals surface area contributed by atoms with Crippen molar-refractivity contribution in [1.82, 2.24) is 0 Å². The third kappa shape index (κ3) is 2.22. The highest BCUT2D eigenvalue weighted by Gasteiger charge is 2.52. The topological polar surface area (TPSA) is 136 Å². The number of carboxylic acid groups (broad SMARTS) is 2. The second-order valence-corrected chi connectivity index (χ2v) is 6.37. The fourth-order valence-corrected chi connectivity index (χ4v) is 3.97. The first-order chi connectivity index (χ1) is 11.9. The van der Waals surface area contributed by atoms with Gasteiger partial charge in [0, 0.05) is 12.8 Å². The van der Waals surface area contributed by atoms with Crippen molar-refractivity contribution in [2.45, 2.75) is 37.9 Å². The van der Waals surface area contributed by atoms with Crippen molar-refractivity contribution in [2.24, 2.45) is 11.8 Å². The molecule has 0 radical (unpaired) electrons. The van der Waals surface area contributed by atoms with Crippen molar-refractivity contribution in [3.63, 3.8) is 0 Å². The molecule has 4 unspecified atom stereocenters. The van der Waals surface area contributed by atoms with Gasteiger partial charge in [-0.05, 0) is 12.8 Å². The van der Waals surface area contributed by atoms with E-state index in [1.807, 2.05) is 0 Å². The summed E-state index contributed by atoms with van der Waals surface area (Å²) in [7, 11) is 0. The average Bonchev–Trinajstić information content (AvgIpc) is 3.31. The quantitative estimate of drug-likeness (QED) is 0.543. The van der Waals surface area contributed by atoms with Crippen molar-refractivity contribution in [3.05, 3.63) is 22.7 Å². The first-order valence-electron chi connectivity index (χ1n) is 7.90. The molecule has 4 rings (SSSR count). The van der Waals surface area contributed by atoms with Crippen molar-refractivity contribution in [3.8, 4) is 0 Å². The predicted octanol–water partition coefficient (Wildman–Crippen LogP) is 0.351. The maximum atomic E-state index is 12.3. The molecular weight excluding hydrogens is 336 g/mol. The summed E-state index contributed by atoms with van der Waals surface area (Å²) in [5.41, 5.74) is -0.336. The Morgan fingerprint density at radius 1 is 0.800 bits per heavy atom. The van der Waals surface area contributed by atoms with Crippen molar-refractivity contribution >= 4 is 23.9 Å². The third-order valence-electron chi connectivity index (χ3n) is 5.02. The van der Waals surface area contributed by atoms with Crippen LogP contribution in [0.2, 0.25) is 0 Å². The first kappa shape index (κ1) is 15.7. The maximum absolute atomic E-state index is 12.3. The molecular formula is C16H14O9. The first-order valence-corrected chi connectivity index (χ1v) is 7.90. The minimum Gasteiger partial charge on any atom is -0.493 e. The molecule has 4 aliphatic rings. The minimum absolute atomic E-state index is 0.168. The van der Waals surface area contributed by atoms with E-state index in [1.165, 1.54) is 0 Å². The molecule has 2 fully saturated rings. The summed E-state index contributed by atoms with van der Waals surface area (Å²) >= 11 is 0. The number of allylic oxidation sites excluding steroid dienone is 2. The number of ether oxygens (including phenoxy) is 3. The SMILES string of the molecule is O=C(OC(=O)C1=C2CCC(O2)C1C(=O)O)C1=C2CCC(O2)C1C(=O)O. The Morgan fingerprint density at radius 2 is 1.20 bits per heavy atom. The zero-order valence-electron chi connectivity index (χ0n) is 12.9. The number of hydrogen-bond donors (Lipinski definition) is 2. The van der Waals surface area contributed by atoms with Gasteiger partial charge in [-0.1, -0.05) is 0 Å². The lowest BCUT2D eigenvalue weighted by atomic mass is 9.86. The molecule has 4 bridgehead atoms. The number of carbonyl (C=O) groups is 4. The Labute approximate surface area is 140 Å². The summed E-state index contributed by atoms with van der Waals surface area (Å²) in [4.78, 5) is 47.4. The molecule has 0 aromatic carbocycles. The van der Waals surface area contributed by atoms with E-state index >= 15 is 0 Å². The number of rotatable bonds is 4.